The standard InChI is InChI=1S/C16H19N3OS/c1-2-13(12-7-4-3-5-8-12)15-9-6-10-19(15)16(20)14-11-21-18-17-14/h3-5,7-8,11,13,15H,2,6,9-10H2,1H3/t13-,15-/m0/s1. The molecule has 0 saturated carbocycles. The zero-order chi connectivity index (χ0) is 14.7. The van der Waals surface area contributed by atoms with Crippen molar-refractivity contribution in [1.82, 2.24) is 14.5 Å². The van der Waals surface area contributed by atoms with Gasteiger partial charge in [-0.3, -0.25) is 4.79 Å². The Morgan fingerprint density at radius 3 is 2.90 bits per heavy atom. The van der Waals surface area contributed by atoms with Crippen LogP contribution in [0.2, 0.25) is 0 Å². The minimum Gasteiger partial charge on any atom is -0.334 e. The van der Waals surface area contributed by atoms with Gasteiger partial charge in [-0.05, 0) is 36.4 Å². The van der Waals surface area contributed by atoms with Crippen LogP contribution in [-0.2, 0) is 0 Å². The van der Waals surface area contributed by atoms with E-state index in [1.54, 1.807) is 5.38 Å². The van der Waals surface area contributed by atoms with Crippen LogP contribution >= 0.6 is 11.5 Å². The smallest absolute Gasteiger partial charge is 0.275 e. The number of hydrogen-bond acceptors (Lipinski definition) is 4. The number of carbonyl (C=O) groups is 1. The molecule has 1 saturated heterocycles. The van der Waals surface area contributed by atoms with Gasteiger partial charge in [0, 0.05) is 23.9 Å². The van der Waals surface area contributed by atoms with Crippen LogP contribution in [0, 0.1) is 0 Å². The second-order valence-electron chi connectivity index (χ2n) is 5.42. The Morgan fingerprint density at radius 1 is 1.43 bits per heavy atom. The summed E-state index contributed by atoms with van der Waals surface area (Å²) in [5.74, 6) is 0.421. The number of carbonyl (C=O) groups excluding carboxylic acids is 1. The van der Waals surface area contributed by atoms with E-state index in [0.717, 1.165) is 25.8 Å². The molecule has 0 radical (unpaired) electrons. The Bertz CT molecular complexity index is 585. The third kappa shape index (κ3) is 2.83. The molecule has 0 aliphatic carbocycles. The van der Waals surface area contributed by atoms with Crippen LogP contribution in [0.5, 0.6) is 0 Å². The Hall–Kier alpha value is -1.75. The van der Waals surface area contributed by atoms with E-state index in [1.165, 1.54) is 17.1 Å². The molecule has 1 aliphatic heterocycles. The van der Waals surface area contributed by atoms with Gasteiger partial charge in [-0.15, -0.1) is 5.10 Å². The lowest BCUT2D eigenvalue weighted by atomic mass is 9.87. The third-order valence-electron chi connectivity index (χ3n) is 4.27. The van der Waals surface area contributed by atoms with E-state index >= 15 is 0 Å². The summed E-state index contributed by atoms with van der Waals surface area (Å²) in [5.41, 5.74) is 1.80. The van der Waals surface area contributed by atoms with Crippen LogP contribution in [0.15, 0.2) is 35.7 Å². The monoisotopic (exact) mass is 301 g/mol. The Balaban J connectivity index is 1.84. The van der Waals surface area contributed by atoms with Crippen molar-refractivity contribution in [1.29, 1.82) is 0 Å². The molecule has 1 amide bonds. The highest BCUT2D eigenvalue weighted by molar-refractivity contribution is 7.03. The Labute approximate surface area is 129 Å². The van der Waals surface area contributed by atoms with E-state index in [9.17, 15) is 4.79 Å². The molecule has 5 heteroatoms. The van der Waals surface area contributed by atoms with Crippen LogP contribution in [0.1, 0.15) is 48.2 Å². The van der Waals surface area contributed by atoms with Gasteiger partial charge >= 0.3 is 0 Å². The summed E-state index contributed by atoms with van der Waals surface area (Å²) in [6.07, 6.45) is 3.17. The maximum atomic E-state index is 12.6. The first-order chi connectivity index (χ1) is 10.3. The number of aromatic nitrogens is 2. The molecule has 0 bridgehead atoms. The number of amides is 1. The molecule has 0 unspecified atom stereocenters. The SMILES string of the molecule is CC[C@@H](c1ccccc1)[C@@H]1CCCN1C(=O)c1csnn1. The molecule has 0 spiro atoms. The predicted molar refractivity (Wildman–Crippen MR) is 83.4 cm³/mol. The largest absolute Gasteiger partial charge is 0.334 e. The van der Waals surface area contributed by atoms with E-state index in [1.807, 2.05) is 11.0 Å². The number of likely N-dealkylation sites (tertiary alicyclic amines) is 1. The normalized spacial score (nSPS) is 19.7. The zero-order valence-electron chi connectivity index (χ0n) is 12.1. The first-order valence-electron chi connectivity index (χ1n) is 7.44. The Kier molecular flexibility index (Phi) is 4.29. The lowest BCUT2D eigenvalue weighted by Crippen LogP contribution is -2.39. The van der Waals surface area contributed by atoms with Gasteiger partial charge in [0.1, 0.15) is 0 Å². The summed E-state index contributed by atoms with van der Waals surface area (Å²) in [4.78, 5) is 14.6. The zero-order valence-corrected chi connectivity index (χ0v) is 12.9. The summed E-state index contributed by atoms with van der Waals surface area (Å²) < 4.78 is 3.81. The van der Waals surface area contributed by atoms with Gasteiger partial charge in [0.25, 0.3) is 5.91 Å². The second-order valence-corrected chi connectivity index (χ2v) is 6.03. The number of hydrogen-bond donors (Lipinski definition) is 0. The molecular formula is C16H19N3OS. The molecule has 1 fully saturated rings. The molecule has 2 heterocycles. The molecular weight excluding hydrogens is 282 g/mol. The van der Waals surface area contributed by atoms with Crippen molar-refractivity contribution in [2.45, 2.75) is 38.1 Å². The highest BCUT2D eigenvalue weighted by Gasteiger charge is 2.35. The van der Waals surface area contributed by atoms with Crippen molar-refractivity contribution in [3.8, 4) is 0 Å². The fourth-order valence-corrected chi connectivity index (χ4v) is 3.73. The second kappa shape index (κ2) is 6.35. The van der Waals surface area contributed by atoms with Crippen LogP contribution < -0.4 is 0 Å². The highest BCUT2D eigenvalue weighted by Crippen LogP contribution is 2.34. The van der Waals surface area contributed by atoms with Crippen molar-refractivity contribution < 1.29 is 4.79 Å². The van der Waals surface area contributed by atoms with Gasteiger partial charge in [0.15, 0.2) is 5.69 Å². The first kappa shape index (κ1) is 14.2. The lowest BCUT2D eigenvalue weighted by molar-refractivity contribution is 0.0708. The quantitative estimate of drug-likeness (QED) is 0.870. The molecule has 1 aromatic carbocycles. The maximum Gasteiger partial charge on any atom is 0.275 e. The number of rotatable bonds is 4. The van der Waals surface area contributed by atoms with Crippen molar-refractivity contribution in [3.63, 3.8) is 0 Å². The molecule has 2 atom stereocenters. The fraction of sp³-hybridized carbons (Fsp3) is 0.438. The molecule has 0 N–H and O–H groups in total. The first-order valence-corrected chi connectivity index (χ1v) is 8.28. The molecule has 1 aromatic heterocycles. The Morgan fingerprint density at radius 2 is 2.24 bits per heavy atom. The van der Waals surface area contributed by atoms with Crippen molar-refractivity contribution >= 4 is 17.4 Å². The van der Waals surface area contributed by atoms with Crippen LogP contribution in [0.3, 0.4) is 0 Å². The number of nitrogens with zero attached hydrogens (tertiary/aromatic N) is 3. The van der Waals surface area contributed by atoms with Crippen molar-refractivity contribution in [2.75, 3.05) is 6.54 Å². The molecule has 2 aromatic rings. The molecule has 3 rings (SSSR count). The summed E-state index contributed by atoms with van der Waals surface area (Å²) in [6.45, 7) is 3.02. The van der Waals surface area contributed by atoms with Gasteiger partial charge in [-0.25, -0.2) is 0 Å². The molecule has 110 valence electrons. The average Bonchev–Trinajstić information content (AvgIpc) is 3.20. The molecule has 1 aliphatic rings. The fourth-order valence-electron chi connectivity index (χ4n) is 3.30. The van der Waals surface area contributed by atoms with E-state index in [2.05, 4.69) is 40.8 Å². The van der Waals surface area contributed by atoms with Gasteiger partial charge < -0.3 is 4.90 Å². The molecule has 4 nitrogen and oxygen atoms in total. The maximum absolute atomic E-state index is 12.6. The summed E-state index contributed by atoms with van der Waals surface area (Å²) in [7, 11) is 0. The van der Waals surface area contributed by atoms with Gasteiger partial charge in [-0.2, -0.15) is 0 Å². The van der Waals surface area contributed by atoms with Gasteiger partial charge in [-0.1, -0.05) is 41.7 Å². The minimum absolute atomic E-state index is 0.0284. The van der Waals surface area contributed by atoms with Crippen LogP contribution in [-0.4, -0.2) is 33.0 Å². The van der Waals surface area contributed by atoms with Crippen molar-refractivity contribution in [3.05, 3.63) is 47.0 Å². The van der Waals surface area contributed by atoms with E-state index in [4.69, 9.17) is 0 Å². The van der Waals surface area contributed by atoms with E-state index in [-0.39, 0.29) is 11.9 Å². The molecule has 21 heavy (non-hydrogen) atoms. The summed E-state index contributed by atoms with van der Waals surface area (Å²) in [5, 5.41) is 5.67. The predicted octanol–water partition coefficient (Wildman–Crippen LogP) is 3.34. The van der Waals surface area contributed by atoms with Crippen LogP contribution in [0.25, 0.3) is 0 Å². The lowest BCUT2D eigenvalue weighted by Gasteiger charge is -2.31. The topological polar surface area (TPSA) is 46.1 Å². The third-order valence-corrected chi connectivity index (χ3v) is 4.78. The minimum atomic E-state index is 0.0284. The van der Waals surface area contributed by atoms with E-state index < -0.39 is 0 Å². The highest BCUT2D eigenvalue weighted by atomic mass is 32.1. The number of benzene rings is 1. The van der Waals surface area contributed by atoms with Gasteiger partial charge in [0.2, 0.25) is 0 Å². The van der Waals surface area contributed by atoms with Crippen molar-refractivity contribution in [2.24, 2.45) is 0 Å². The van der Waals surface area contributed by atoms with Gasteiger partial charge in [0.05, 0.1) is 0 Å². The van der Waals surface area contributed by atoms with E-state index in [0.29, 0.717) is 11.6 Å². The summed E-state index contributed by atoms with van der Waals surface area (Å²) in [6, 6.07) is 10.8. The van der Waals surface area contributed by atoms with Crippen LogP contribution in [0.4, 0.5) is 0 Å². The summed E-state index contributed by atoms with van der Waals surface area (Å²) >= 11 is 1.23. The average molecular weight is 301 g/mol.